The van der Waals surface area contributed by atoms with E-state index in [4.69, 9.17) is 0 Å². The van der Waals surface area contributed by atoms with Crippen LogP contribution < -0.4 is 0 Å². The lowest BCUT2D eigenvalue weighted by Gasteiger charge is -2.14. The second kappa shape index (κ2) is 6.81. The predicted molar refractivity (Wildman–Crippen MR) is 80.2 cm³/mol. The maximum absolute atomic E-state index is 13.2. The molecule has 2 atom stereocenters. The Morgan fingerprint density at radius 2 is 1.57 bits per heavy atom. The molecule has 2 unspecified atom stereocenters. The number of hydrogen-bond acceptors (Lipinski definition) is 1. The van der Waals surface area contributed by atoms with E-state index in [-0.39, 0.29) is 6.42 Å². The molecule has 0 heterocycles. The molecule has 3 heteroatoms. The zero-order chi connectivity index (χ0) is 15.4. The topological polar surface area (TPSA) is 20.2 Å². The molecule has 2 aromatic rings. The molecule has 0 saturated heterocycles. The Morgan fingerprint density at radius 3 is 2.14 bits per heavy atom. The third-order valence-corrected chi connectivity index (χ3v) is 3.92. The second-order valence-electron chi connectivity index (χ2n) is 5.44. The van der Waals surface area contributed by atoms with Gasteiger partial charge in [0, 0.05) is 6.42 Å². The third-order valence-electron chi connectivity index (χ3n) is 3.92. The van der Waals surface area contributed by atoms with Gasteiger partial charge in [0.1, 0.15) is 0 Å². The SMILES string of the molecule is CCC(C)c1ccc(C(O)Cc2ccc(F)c(F)c2)cc1. The Bertz CT molecular complexity index is 593. The van der Waals surface area contributed by atoms with Crippen LogP contribution in [0.4, 0.5) is 8.78 Å². The van der Waals surface area contributed by atoms with Crippen LogP contribution in [-0.2, 0) is 6.42 Å². The van der Waals surface area contributed by atoms with E-state index in [1.807, 2.05) is 24.3 Å². The first-order valence-electron chi connectivity index (χ1n) is 7.23. The van der Waals surface area contributed by atoms with Gasteiger partial charge in [0.15, 0.2) is 11.6 Å². The molecule has 2 aromatic carbocycles. The minimum Gasteiger partial charge on any atom is -0.388 e. The summed E-state index contributed by atoms with van der Waals surface area (Å²) in [4.78, 5) is 0. The zero-order valence-electron chi connectivity index (χ0n) is 12.3. The van der Waals surface area contributed by atoms with Crippen molar-refractivity contribution >= 4 is 0 Å². The maximum atomic E-state index is 13.2. The molecular formula is C18H20F2O. The monoisotopic (exact) mass is 290 g/mol. The summed E-state index contributed by atoms with van der Waals surface area (Å²) in [5, 5.41) is 10.2. The van der Waals surface area contributed by atoms with Crippen molar-refractivity contribution in [2.45, 2.75) is 38.7 Å². The summed E-state index contributed by atoms with van der Waals surface area (Å²) >= 11 is 0. The molecule has 0 aliphatic carbocycles. The van der Waals surface area contributed by atoms with E-state index < -0.39 is 17.7 Å². The van der Waals surface area contributed by atoms with E-state index in [1.54, 1.807) is 0 Å². The van der Waals surface area contributed by atoms with Crippen molar-refractivity contribution in [3.63, 3.8) is 0 Å². The van der Waals surface area contributed by atoms with E-state index >= 15 is 0 Å². The van der Waals surface area contributed by atoms with Crippen LogP contribution >= 0.6 is 0 Å². The number of hydrogen-bond donors (Lipinski definition) is 1. The van der Waals surface area contributed by atoms with Crippen LogP contribution in [0.3, 0.4) is 0 Å². The third kappa shape index (κ3) is 3.88. The molecular weight excluding hydrogens is 270 g/mol. The second-order valence-corrected chi connectivity index (χ2v) is 5.44. The van der Waals surface area contributed by atoms with Gasteiger partial charge in [0.2, 0.25) is 0 Å². The fourth-order valence-corrected chi connectivity index (χ4v) is 2.29. The van der Waals surface area contributed by atoms with Gasteiger partial charge in [-0.05, 0) is 41.2 Å². The Kier molecular flexibility index (Phi) is 5.07. The van der Waals surface area contributed by atoms with E-state index in [1.165, 1.54) is 11.6 Å². The molecule has 0 aromatic heterocycles. The van der Waals surface area contributed by atoms with Crippen molar-refractivity contribution in [1.29, 1.82) is 0 Å². The van der Waals surface area contributed by atoms with Gasteiger partial charge in [-0.3, -0.25) is 0 Å². The highest BCUT2D eigenvalue weighted by atomic mass is 19.2. The summed E-state index contributed by atoms with van der Waals surface area (Å²) in [5.74, 6) is -1.26. The summed E-state index contributed by atoms with van der Waals surface area (Å²) in [6.07, 6.45) is 0.609. The molecule has 112 valence electrons. The summed E-state index contributed by atoms with van der Waals surface area (Å²) in [6, 6.07) is 11.5. The fraction of sp³-hybridized carbons (Fsp3) is 0.333. The van der Waals surface area contributed by atoms with Gasteiger partial charge < -0.3 is 5.11 Å². The maximum Gasteiger partial charge on any atom is 0.159 e. The minimum atomic E-state index is -0.883. The first-order chi connectivity index (χ1) is 10.0. The first-order valence-corrected chi connectivity index (χ1v) is 7.23. The van der Waals surface area contributed by atoms with Crippen molar-refractivity contribution in [1.82, 2.24) is 0 Å². The van der Waals surface area contributed by atoms with Crippen LogP contribution in [0.1, 0.15) is 49.0 Å². The van der Waals surface area contributed by atoms with Crippen molar-refractivity contribution in [3.8, 4) is 0 Å². The molecule has 1 nitrogen and oxygen atoms in total. The quantitative estimate of drug-likeness (QED) is 0.842. The number of aliphatic hydroxyl groups is 1. The lowest BCUT2D eigenvalue weighted by atomic mass is 9.95. The zero-order valence-corrected chi connectivity index (χ0v) is 12.3. The molecule has 0 aliphatic heterocycles. The number of halogens is 2. The largest absolute Gasteiger partial charge is 0.388 e. The van der Waals surface area contributed by atoms with Gasteiger partial charge in [0.05, 0.1) is 6.10 Å². The summed E-state index contributed by atoms with van der Waals surface area (Å²) in [6.45, 7) is 4.29. The first kappa shape index (κ1) is 15.6. The lowest BCUT2D eigenvalue weighted by molar-refractivity contribution is 0.178. The smallest absolute Gasteiger partial charge is 0.159 e. The number of aliphatic hydroxyl groups excluding tert-OH is 1. The molecule has 0 radical (unpaired) electrons. The average molecular weight is 290 g/mol. The van der Waals surface area contributed by atoms with Crippen LogP contribution in [-0.4, -0.2) is 5.11 Å². The van der Waals surface area contributed by atoms with Gasteiger partial charge in [-0.2, -0.15) is 0 Å². The number of rotatable bonds is 5. The van der Waals surface area contributed by atoms with E-state index in [0.29, 0.717) is 11.5 Å². The molecule has 2 rings (SSSR count). The highest BCUT2D eigenvalue weighted by molar-refractivity contribution is 5.28. The predicted octanol–water partition coefficient (Wildman–Crippen LogP) is 4.75. The standard InChI is InChI=1S/C18H20F2O/c1-3-12(2)14-5-7-15(8-6-14)18(21)11-13-4-9-16(19)17(20)10-13/h4-10,12,18,21H,3,11H2,1-2H3. The summed E-state index contributed by atoms with van der Waals surface area (Å²) in [7, 11) is 0. The fourth-order valence-electron chi connectivity index (χ4n) is 2.29. The molecule has 0 spiro atoms. The van der Waals surface area contributed by atoms with Gasteiger partial charge in [-0.25, -0.2) is 8.78 Å². The molecule has 0 fully saturated rings. The van der Waals surface area contributed by atoms with Crippen LogP contribution in [0.15, 0.2) is 42.5 Å². The molecule has 1 N–H and O–H groups in total. The Labute approximate surface area is 124 Å². The van der Waals surface area contributed by atoms with Crippen LogP contribution in [0.5, 0.6) is 0 Å². The molecule has 21 heavy (non-hydrogen) atoms. The van der Waals surface area contributed by atoms with E-state index in [9.17, 15) is 13.9 Å². The average Bonchev–Trinajstić information content (AvgIpc) is 2.50. The van der Waals surface area contributed by atoms with Crippen molar-refractivity contribution in [2.75, 3.05) is 0 Å². The molecule has 0 aliphatic rings. The van der Waals surface area contributed by atoms with E-state index in [2.05, 4.69) is 13.8 Å². The summed E-state index contributed by atoms with van der Waals surface area (Å²) < 4.78 is 26.0. The molecule has 0 bridgehead atoms. The normalized spacial score (nSPS) is 14.0. The van der Waals surface area contributed by atoms with E-state index in [0.717, 1.165) is 24.1 Å². The van der Waals surface area contributed by atoms with Crippen molar-refractivity contribution in [3.05, 3.63) is 70.8 Å². The van der Waals surface area contributed by atoms with Crippen LogP contribution in [0.25, 0.3) is 0 Å². The van der Waals surface area contributed by atoms with Crippen molar-refractivity contribution < 1.29 is 13.9 Å². The lowest BCUT2D eigenvalue weighted by Crippen LogP contribution is -2.03. The van der Waals surface area contributed by atoms with Crippen LogP contribution in [0, 0.1) is 11.6 Å². The Hall–Kier alpha value is -1.74. The van der Waals surface area contributed by atoms with Gasteiger partial charge in [-0.1, -0.05) is 44.2 Å². The summed E-state index contributed by atoms with van der Waals surface area (Å²) in [5.41, 5.74) is 2.60. The highest BCUT2D eigenvalue weighted by Crippen LogP contribution is 2.23. The highest BCUT2D eigenvalue weighted by Gasteiger charge is 2.11. The molecule has 0 saturated carbocycles. The number of benzene rings is 2. The minimum absolute atomic E-state index is 0.264. The Balaban J connectivity index is 2.09. The molecule has 0 amide bonds. The van der Waals surface area contributed by atoms with Crippen LogP contribution in [0.2, 0.25) is 0 Å². The van der Waals surface area contributed by atoms with Gasteiger partial charge >= 0.3 is 0 Å². The Morgan fingerprint density at radius 1 is 0.952 bits per heavy atom. The van der Waals surface area contributed by atoms with Gasteiger partial charge in [0.25, 0.3) is 0 Å². The van der Waals surface area contributed by atoms with Gasteiger partial charge in [-0.15, -0.1) is 0 Å². The van der Waals surface area contributed by atoms with Crippen molar-refractivity contribution in [2.24, 2.45) is 0 Å².